The first-order chi connectivity index (χ1) is 8.11. The third kappa shape index (κ3) is 2.36. The summed E-state index contributed by atoms with van der Waals surface area (Å²) in [5.41, 5.74) is 1.22. The van der Waals surface area contributed by atoms with Crippen molar-refractivity contribution in [2.45, 2.75) is 6.92 Å². The molecule has 0 unspecified atom stereocenters. The number of hydrogen-bond acceptors (Lipinski definition) is 4. The summed E-state index contributed by atoms with van der Waals surface area (Å²) in [5, 5.41) is 9.31. The van der Waals surface area contributed by atoms with Gasteiger partial charge in [0.05, 0.1) is 20.3 Å². The quantitative estimate of drug-likeness (QED) is 0.778. The number of ketones is 1. The number of carbonyl (C=O) groups is 1. The lowest BCUT2D eigenvalue weighted by atomic mass is 10.2. The summed E-state index contributed by atoms with van der Waals surface area (Å²) < 4.78 is 0. The lowest BCUT2D eigenvalue weighted by molar-refractivity contribution is 0.102. The van der Waals surface area contributed by atoms with Crippen LogP contribution >= 0.6 is 22.9 Å². The van der Waals surface area contributed by atoms with Gasteiger partial charge in [0.25, 0.3) is 0 Å². The summed E-state index contributed by atoms with van der Waals surface area (Å²) in [6, 6.07) is 5.36. The van der Waals surface area contributed by atoms with Crippen molar-refractivity contribution in [3.05, 3.63) is 40.0 Å². The molecular weight excluding hydrogens is 256 g/mol. The zero-order valence-electron chi connectivity index (χ0n) is 8.90. The molecule has 2 aromatic rings. The largest absolute Gasteiger partial charge is 0.294 e. The van der Waals surface area contributed by atoms with Crippen molar-refractivity contribution in [3.8, 4) is 16.5 Å². The molecule has 0 aliphatic rings. The van der Waals surface area contributed by atoms with Crippen molar-refractivity contribution < 1.29 is 4.79 Å². The van der Waals surface area contributed by atoms with Gasteiger partial charge >= 0.3 is 0 Å². The third-order valence-corrected chi connectivity index (χ3v) is 3.86. The van der Waals surface area contributed by atoms with E-state index in [-0.39, 0.29) is 5.78 Å². The van der Waals surface area contributed by atoms with Crippen molar-refractivity contribution in [1.82, 2.24) is 4.98 Å². The molecule has 0 saturated heterocycles. The Labute approximate surface area is 107 Å². The van der Waals surface area contributed by atoms with Crippen molar-refractivity contribution in [2.75, 3.05) is 0 Å². The Kier molecular flexibility index (Phi) is 3.23. The van der Waals surface area contributed by atoms with Gasteiger partial charge in [0, 0.05) is 18.0 Å². The van der Waals surface area contributed by atoms with Gasteiger partial charge < -0.3 is 0 Å². The van der Waals surface area contributed by atoms with E-state index in [2.05, 4.69) is 4.98 Å². The van der Waals surface area contributed by atoms with Gasteiger partial charge in [-0.1, -0.05) is 11.6 Å². The summed E-state index contributed by atoms with van der Waals surface area (Å²) in [7, 11) is 0. The van der Waals surface area contributed by atoms with E-state index in [1.54, 1.807) is 18.3 Å². The average Bonchev–Trinajstić information content (AvgIpc) is 2.72. The molecule has 0 bridgehead atoms. The molecule has 5 heteroatoms. The standard InChI is InChI=1S/C12H7ClN2OS/c1-7(16)11-3-10(13)12(17-11)9-2-8(4-14)5-15-6-9/h2-3,5-6H,1H3. The van der Waals surface area contributed by atoms with Crippen LogP contribution in [0, 0.1) is 11.3 Å². The van der Waals surface area contributed by atoms with Crippen LogP contribution in [0.4, 0.5) is 0 Å². The molecule has 2 rings (SSSR count). The van der Waals surface area contributed by atoms with E-state index in [9.17, 15) is 4.79 Å². The summed E-state index contributed by atoms with van der Waals surface area (Å²) >= 11 is 7.38. The summed E-state index contributed by atoms with van der Waals surface area (Å²) in [6.07, 6.45) is 3.11. The van der Waals surface area contributed by atoms with Crippen molar-refractivity contribution >= 4 is 28.7 Å². The summed E-state index contributed by atoms with van der Waals surface area (Å²) in [5.74, 6) is -0.0208. The number of nitriles is 1. The van der Waals surface area contributed by atoms with Crippen LogP contribution in [0.5, 0.6) is 0 Å². The van der Waals surface area contributed by atoms with Crippen LogP contribution in [0.15, 0.2) is 24.5 Å². The fourth-order valence-corrected chi connectivity index (χ4v) is 2.69. The van der Waals surface area contributed by atoms with Crippen LogP contribution in [-0.2, 0) is 0 Å². The van der Waals surface area contributed by atoms with Gasteiger partial charge in [-0.2, -0.15) is 5.26 Å². The lowest BCUT2D eigenvalue weighted by Crippen LogP contribution is -1.83. The SMILES string of the molecule is CC(=O)c1cc(Cl)c(-c2cncc(C#N)c2)s1. The minimum atomic E-state index is -0.0208. The molecule has 2 heterocycles. The van der Waals surface area contributed by atoms with Crippen LogP contribution in [-0.4, -0.2) is 10.8 Å². The molecule has 0 N–H and O–H groups in total. The molecule has 0 amide bonds. The fourth-order valence-electron chi connectivity index (χ4n) is 1.36. The van der Waals surface area contributed by atoms with Crippen LogP contribution in [0.2, 0.25) is 5.02 Å². The molecule has 0 fully saturated rings. The number of halogens is 1. The number of thiophene rings is 1. The maximum absolute atomic E-state index is 11.2. The van der Waals surface area contributed by atoms with Crippen molar-refractivity contribution in [2.24, 2.45) is 0 Å². The van der Waals surface area contributed by atoms with E-state index in [1.807, 2.05) is 6.07 Å². The Balaban J connectivity index is 2.53. The van der Waals surface area contributed by atoms with Gasteiger partial charge in [-0.3, -0.25) is 9.78 Å². The first-order valence-electron chi connectivity index (χ1n) is 4.77. The molecule has 0 aromatic carbocycles. The average molecular weight is 263 g/mol. The molecule has 0 aliphatic heterocycles. The van der Waals surface area contributed by atoms with E-state index in [0.717, 1.165) is 10.4 Å². The Morgan fingerprint density at radius 2 is 2.24 bits per heavy atom. The van der Waals surface area contributed by atoms with Gasteiger partial charge in [0.1, 0.15) is 6.07 Å². The molecular formula is C12H7ClN2OS. The zero-order valence-corrected chi connectivity index (χ0v) is 10.5. The normalized spacial score (nSPS) is 9.94. The monoisotopic (exact) mass is 262 g/mol. The number of hydrogen-bond donors (Lipinski definition) is 0. The van der Waals surface area contributed by atoms with E-state index in [0.29, 0.717) is 15.5 Å². The van der Waals surface area contributed by atoms with Crippen molar-refractivity contribution in [3.63, 3.8) is 0 Å². The molecule has 2 aromatic heterocycles. The number of carbonyl (C=O) groups excluding carboxylic acids is 1. The highest BCUT2D eigenvalue weighted by Gasteiger charge is 2.12. The molecule has 0 spiro atoms. The van der Waals surface area contributed by atoms with E-state index >= 15 is 0 Å². The molecule has 0 atom stereocenters. The Bertz CT molecular complexity index is 628. The first kappa shape index (κ1) is 11.8. The van der Waals surface area contributed by atoms with Gasteiger partial charge in [-0.05, 0) is 19.1 Å². The van der Waals surface area contributed by atoms with Gasteiger partial charge in [-0.25, -0.2) is 0 Å². The topological polar surface area (TPSA) is 53.8 Å². The van der Waals surface area contributed by atoms with E-state index < -0.39 is 0 Å². The number of nitrogens with zero attached hydrogens (tertiary/aromatic N) is 2. The number of Topliss-reactive ketones (excluding diaryl/α,β-unsaturated/α-hetero) is 1. The Morgan fingerprint density at radius 1 is 1.47 bits per heavy atom. The predicted molar refractivity (Wildman–Crippen MR) is 67.3 cm³/mol. The predicted octanol–water partition coefficient (Wildman–Crippen LogP) is 3.54. The van der Waals surface area contributed by atoms with Gasteiger partial charge in [-0.15, -0.1) is 11.3 Å². The second-order valence-electron chi connectivity index (χ2n) is 3.42. The van der Waals surface area contributed by atoms with Gasteiger partial charge in [0.15, 0.2) is 5.78 Å². The Hall–Kier alpha value is -1.70. The highest BCUT2D eigenvalue weighted by molar-refractivity contribution is 7.18. The minimum absolute atomic E-state index is 0.0208. The first-order valence-corrected chi connectivity index (χ1v) is 5.97. The fraction of sp³-hybridized carbons (Fsp3) is 0.0833. The molecule has 17 heavy (non-hydrogen) atoms. The third-order valence-electron chi connectivity index (χ3n) is 2.16. The zero-order chi connectivity index (χ0) is 12.4. The van der Waals surface area contributed by atoms with Crippen molar-refractivity contribution in [1.29, 1.82) is 5.26 Å². The molecule has 3 nitrogen and oxygen atoms in total. The second-order valence-corrected chi connectivity index (χ2v) is 4.88. The summed E-state index contributed by atoms with van der Waals surface area (Å²) in [6.45, 7) is 1.50. The van der Waals surface area contributed by atoms with Crippen LogP contribution in [0.25, 0.3) is 10.4 Å². The number of rotatable bonds is 2. The lowest BCUT2D eigenvalue weighted by Gasteiger charge is -1.97. The van der Waals surface area contributed by atoms with E-state index in [1.165, 1.54) is 24.5 Å². The number of aromatic nitrogens is 1. The molecule has 0 aliphatic carbocycles. The smallest absolute Gasteiger partial charge is 0.169 e. The molecule has 84 valence electrons. The van der Waals surface area contributed by atoms with Crippen LogP contribution in [0.3, 0.4) is 0 Å². The van der Waals surface area contributed by atoms with E-state index in [4.69, 9.17) is 16.9 Å². The highest BCUT2D eigenvalue weighted by Crippen LogP contribution is 2.36. The van der Waals surface area contributed by atoms with Crippen LogP contribution < -0.4 is 0 Å². The molecule has 0 radical (unpaired) electrons. The number of pyridine rings is 1. The van der Waals surface area contributed by atoms with Gasteiger partial charge in [0.2, 0.25) is 0 Å². The second kappa shape index (κ2) is 4.66. The maximum Gasteiger partial charge on any atom is 0.169 e. The summed E-state index contributed by atoms with van der Waals surface area (Å²) in [4.78, 5) is 16.6. The highest BCUT2D eigenvalue weighted by atomic mass is 35.5. The van der Waals surface area contributed by atoms with Crippen LogP contribution in [0.1, 0.15) is 22.2 Å². The Morgan fingerprint density at radius 3 is 2.82 bits per heavy atom. The molecule has 0 saturated carbocycles. The minimum Gasteiger partial charge on any atom is -0.294 e. The maximum atomic E-state index is 11.2.